The fourth-order valence-electron chi connectivity index (χ4n) is 5.36. The first kappa shape index (κ1) is 13.2. The summed E-state index contributed by atoms with van der Waals surface area (Å²) in [6.45, 7) is 0.606. The molecule has 4 aliphatic rings. The number of carbonyl (C=O) groups is 1. The molecule has 4 saturated carbocycles. The van der Waals surface area contributed by atoms with Gasteiger partial charge in [0.2, 0.25) is 0 Å². The van der Waals surface area contributed by atoms with E-state index in [0.717, 1.165) is 23.4 Å². The van der Waals surface area contributed by atoms with Gasteiger partial charge in [0.1, 0.15) is 0 Å². The van der Waals surface area contributed by atoms with Crippen molar-refractivity contribution in [1.29, 1.82) is 0 Å². The molecule has 0 atom stereocenters. The number of anilines is 1. The van der Waals surface area contributed by atoms with Crippen LogP contribution in [0.4, 0.5) is 10.5 Å². The Bertz CT molecular complexity index is 490. The molecule has 0 saturated heterocycles. The summed E-state index contributed by atoms with van der Waals surface area (Å²) in [4.78, 5) is 12.0. The summed E-state index contributed by atoms with van der Waals surface area (Å²) in [6.07, 6.45) is 7.80. The molecule has 0 radical (unpaired) electrons. The van der Waals surface area contributed by atoms with Crippen LogP contribution in [0.5, 0.6) is 0 Å². The maximum Gasteiger partial charge on any atom is 0.411 e. The second-order valence-corrected chi connectivity index (χ2v) is 7.48. The predicted molar refractivity (Wildman–Crippen MR) is 82.0 cm³/mol. The number of rotatable bonds is 3. The van der Waals surface area contributed by atoms with E-state index in [2.05, 4.69) is 5.32 Å². The number of nitrogens with one attached hydrogen (secondary N) is 1. The fraction of sp³-hybridized carbons (Fsp3) is 0.611. The van der Waals surface area contributed by atoms with Gasteiger partial charge in [-0.2, -0.15) is 0 Å². The monoisotopic (exact) mass is 285 g/mol. The Kier molecular flexibility index (Phi) is 3.16. The fourth-order valence-corrected chi connectivity index (χ4v) is 5.36. The van der Waals surface area contributed by atoms with Gasteiger partial charge in [0.15, 0.2) is 0 Å². The number of amides is 1. The summed E-state index contributed by atoms with van der Waals surface area (Å²) in [6, 6.07) is 9.52. The third-order valence-electron chi connectivity index (χ3n) is 5.69. The predicted octanol–water partition coefficient (Wildman–Crippen LogP) is 4.45. The van der Waals surface area contributed by atoms with Gasteiger partial charge in [-0.15, -0.1) is 0 Å². The lowest BCUT2D eigenvalue weighted by molar-refractivity contribution is -0.0807. The van der Waals surface area contributed by atoms with E-state index in [0.29, 0.717) is 12.0 Å². The zero-order chi connectivity index (χ0) is 14.3. The number of hydrogen-bond donors (Lipinski definition) is 1. The first-order chi connectivity index (χ1) is 10.2. The Hall–Kier alpha value is -1.51. The summed E-state index contributed by atoms with van der Waals surface area (Å²) >= 11 is 0. The zero-order valence-electron chi connectivity index (χ0n) is 12.4. The Balaban J connectivity index is 1.35. The van der Waals surface area contributed by atoms with E-state index in [-0.39, 0.29) is 6.09 Å². The van der Waals surface area contributed by atoms with E-state index in [4.69, 9.17) is 4.74 Å². The van der Waals surface area contributed by atoms with Gasteiger partial charge in [0, 0.05) is 11.1 Å². The molecule has 4 aliphatic carbocycles. The lowest BCUT2D eigenvalue weighted by Crippen LogP contribution is -2.48. The first-order valence-electron chi connectivity index (χ1n) is 8.20. The van der Waals surface area contributed by atoms with Crippen molar-refractivity contribution in [2.75, 3.05) is 11.9 Å². The van der Waals surface area contributed by atoms with E-state index < -0.39 is 0 Å². The number of para-hydroxylation sites is 1. The molecule has 0 heterocycles. The van der Waals surface area contributed by atoms with Crippen LogP contribution in [0, 0.1) is 23.2 Å². The Morgan fingerprint density at radius 1 is 1.05 bits per heavy atom. The number of benzene rings is 1. The van der Waals surface area contributed by atoms with Crippen molar-refractivity contribution in [2.24, 2.45) is 23.2 Å². The number of hydrogen-bond acceptors (Lipinski definition) is 2. The smallest absolute Gasteiger partial charge is 0.411 e. The molecule has 4 bridgehead atoms. The summed E-state index contributed by atoms with van der Waals surface area (Å²) in [5.74, 6) is 2.70. The van der Waals surface area contributed by atoms with Gasteiger partial charge in [-0.1, -0.05) is 18.2 Å². The van der Waals surface area contributed by atoms with Gasteiger partial charge < -0.3 is 4.74 Å². The van der Waals surface area contributed by atoms with Crippen molar-refractivity contribution in [3.63, 3.8) is 0 Å². The van der Waals surface area contributed by atoms with Gasteiger partial charge in [-0.05, 0) is 68.4 Å². The van der Waals surface area contributed by atoms with Crippen molar-refractivity contribution >= 4 is 11.8 Å². The van der Waals surface area contributed by atoms with Crippen molar-refractivity contribution in [1.82, 2.24) is 0 Å². The highest BCUT2D eigenvalue weighted by molar-refractivity contribution is 5.84. The van der Waals surface area contributed by atoms with Gasteiger partial charge in [0.25, 0.3) is 0 Å². The number of carbonyl (C=O) groups excluding carboxylic acids is 1. The molecule has 1 aromatic rings. The minimum Gasteiger partial charge on any atom is -0.449 e. The lowest BCUT2D eigenvalue weighted by atomic mass is 9.50. The maximum absolute atomic E-state index is 12.0. The van der Waals surface area contributed by atoms with Gasteiger partial charge >= 0.3 is 6.09 Å². The zero-order valence-corrected chi connectivity index (χ0v) is 12.4. The van der Waals surface area contributed by atoms with Crippen LogP contribution in [0.25, 0.3) is 0 Å². The Morgan fingerprint density at radius 2 is 1.62 bits per heavy atom. The molecule has 0 aliphatic heterocycles. The maximum atomic E-state index is 12.0. The Labute approximate surface area is 126 Å². The molecule has 1 aromatic carbocycles. The highest BCUT2D eigenvalue weighted by Crippen LogP contribution is 2.60. The van der Waals surface area contributed by atoms with Crippen molar-refractivity contribution in [2.45, 2.75) is 38.5 Å². The molecular formula is C18H23NO2. The second kappa shape index (κ2) is 5.04. The minimum atomic E-state index is -0.308. The first-order valence-corrected chi connectivity index (χ1v) is 8.20. The Morgan fingerprint density at radius 3 is 2.19 bits per heavy atom. The third-order valence-corrected chi connectivity index (χ3v) is 5.69. The molecule has 0 spiro atoms. The quantitative estimate of drug-likeness (QED) is 0.891. The molecule has 5 rings (SSSR count). The van der Waals surface area contributed by atoms with Crippen molar-refractivity contribution < 1.29 is 9.53 Å². The molecule has 112 valence electrons. The van der Waals surface area contributed by atoms with Gasteiger partial charge in [-0.25, -0.2) is 4.79 Å². The van der Waals surface area contributed by atoms with E-state index in [1.807, 2.05) is 30.3 Å². The molecule has 0 aromatic heterocycles. The summed E-state index contributed by atoms with van der Waals surface area (Å²) in [7, 11) is 0. The van der Waals surface area contributed by atoms with Crippen molar-refractivity contribution in [3.05, 3.63) is 30.3 Å². The third kappa shape index (κ3) is 2.66. The second-order valence-electron chi connectivity index (χ2n) is 7.48. The van der Waals surface area contributed by atoms with Crippen LogP contribution in [0.2, 0.25) is 0 Å². The summed E-state index contributed by atoms with van der Waals surface area (Å²) < 4.78 is 5.58. The molecule has 3 heteroatoms. The molecule has 3 nitrogen and oxygen atoms in total. The van der Waals surface area contributed by atoms with Crippen LogP contribution in [0.3, 0.4) is 0 Å². The van der Waals surface area contributed by atoms with E-state index in [9.17, 15) is 4.79 Å². The summed E-state index contributed by atoms with van der Waals surface area (Å²) in [5, 5.41) is 2.81. The van der Waals surface area contributed by atoms with Crippen LogP contribution >= 0.6 is 0 Å². The highest BCUT2D eigenvalue weighted by atomic mass is 16.5. The number of ether oxygens (including phenoxy) is 1. The molecule has 1 N–H and O–H groups in total. The van der Waals surface area contributed by atoms with E-state index >= 15 is 0 Å². The van der Waals surface area contributed by atoms with Crippen LogP contribution in [-0.2, 0) is 4.74 Å². The van der Waals surface area contributed by atoms with Gasteiger partial charge in [-0.3, -0.25) is 5.32 Å². The largest absolute Gasteiger partial charge is 0.449 e. The van der Waals surface area contributed by atoms with Crippen LogP contribution < -0.4 is 5.32 Å². The lowest BCUT2D eigenvalue weighted by Gasteiger charge is -2.56. The van der Waals surface area contributed by atoms with Crippen LogP contribution in [-0.4, -0.2) is 12.7 Å². The molecule has 1 amide bonds. The van der Waals surface area contributed by atoms with E-state index in [1.54, 1.807) is 0 Å². The molecule has 4 fully saturated rings. The average molecular weight is 285 g/mol. The molecule has 0 unspecified atom stereocenters. The normalized spacial score (nSPS) is 36.5. The summed E-state index contributed by atoms with van der Waals surface area (Å²) in [5.41, 5.74) is 1.09. The van der Waals surface area contributed by atoms with Crippen molar-refractivity contribution in [3.8, 4) is 0 Å². The standard InChI is InChI=1S/C18H23NO2/c20-17(19-16-4-2-1-3-5-16)21-12-18-9-13-6-14(10-18)8-15(7-13)11-18/h1-5,13-15H,6-12H2,(H,19,20). The highest BCUT2D eigenvalue weighted by Gasteiger charge is 2.51. The minimum absolute atomic E-state index is 0.294. The average Bonchev–Trinajstić information content (AvgIpc) is 2.45. The van der Waals surface area contributed by atoms with E-state index in [1.165, 1.54) is 38.5 Å². The van der Waals surface area contributed by atoms with Crippen LogP contribution in [0.15, 0.2) is 30.3 Å². The molecule has 21 heavy (non-hydrogen) atoms. The molecular weight excluding hydrogens is 262 g/mol. The van der Waals surface area contributed by atoms with Crippen LogP contribution in [0.1, 0.15) is 38.5 Å². The topological polar surface area (TPSA) is 38.3 Å². The SMILES string of the molecule is O=C(Nc1ccccc1)OCC12CC3CC(CC(C3)C1)C2. The van der Waals surface area contributed by atoms with Gasteiger partial charge in [0.05, 0.1) is 6.61 Å².